The maximum absolute atomic E-state index is 12.2. The third-order valence-electron chi connectivity index (χ3n) is 5.12. The molecular weight excluding hydrogens is 296 g/mol. The van der Waals surface area contributed by atoms with Gasteiger partial charge in [0.15, 0.2) is 11.5 Å². The molecule has 5 heteroatoms. The first-order valence-electron chi connectivity index (χ1n) is 8.07. The van der Waals surface area contributed by atoms with Crippen LogP contribution in [0.1, 0.15) is 42.5 Å². The molecule has 23 heavy (non-hydrogen) atoms. The van der Waals surface area contributed by atoms with E-state index in [2.05, 4.69) is 4.74 Å². The second-order valence-corrected chi connectivity index (χ2v) is 6.47. The van der Waals surface area contributed by atoms with E-state index in [0.717, 1.165) is 12.3 Å². The van der Waals surface area contributed by atoms with Gasteiger partial charge in [0.2, 0.25) is 0 Å². The Labute approximate surface area is 135 Å². The second kappa shape index (κ2) is 6.60. The molecule has 1 aromatic carbocycles. The highest BCUT2D eigenvalue weighted by atomic mass is 16.6. The molecule has 2 bridgehead atoms. The summed E-state index contributed by atoms with van der Waals surface area (Å²) in [6.45, 7) is 0. The minimum atomic E-state index is -0.455. The van der Waals surface area contributed by atoms with Crippen LogP contribution in [-0.4, -0.2) is 26.2 Å². The highest BCUT2D eigenvalue weighted by molar-refractivity contribution is 5.90. The van der Waals surface area contributed by atoms with E-state index < -0.39 is 5.97 Å². The first kappa shape index (κ1) is 15.8. The van der Waals surface area contributed by atoms with Gasteiger partial charge in [-0.05, 0) is 55.2 Å². The SMILES string of the molecule is COC(=O)c1ccc(OC(=O)CC2CC3CCC2C3)c(OC)c1. The fraction of sp³-hybridized carbons (Fsp3) is 0.556. The number of benzene rings is 1. The molecule has 124 valence electrons. The zero-order valence-corrected chi connectivity index (χ0v) is 13.5. The van der Waals surface area contributed by atoms with E-state index in [0.29, 0.717) is 35.3 Å². The van der Waals surface area contributed by atoms with Crippen LogP contribution in [0.2, 0.25) is 0 Å². The molecule has 3 unspecified atom stereocenters. The topological polar surface area (TPSA) is 61.8 Å². The summed E-state index contributed by atoms with van der Waals surface area (Å²) in [6.07, 6.45) is 5.45. The molecule has 3 atom stereocenters. The predicted octanol–water partition coefficient (Wildman–Crippen LogP) is 3.21. The average Bonchev–Trinajstić information content (AvgIpc) is 3.17. The molecule has 2 aliphatic carbocycles. The molecule has 0 radical (unpaired) electrons. The highest BCUT2D eigenvalue weighted by Crippen LogP contribution is 2.49. The summed E-state index contributed by atoms with van der Waals surface area (Å²) in [5.41, 5.74) is 0.359. The van der Waals surface area contributed by atoms with Crippen molar-refractivity contribution in [2.45, 2.75) is 32.1 Å². The average molecular weight is 318 g/mol. The zero-order chi connectivity index (χ0) is 16.4. The second-order valence-electron chi connectivity index (χ2n) is 6.47. The lowest BCUT2D eigenvalue weighted by Gasteiger charge is -2.20. The lowest BCUT2D eigenvalue weighted by molar-refractivity contribution is -0.136. The van der Waals surface area contributed by atoms with Crippen LogP contribution in [-0.2, 0) is 9.53 Å². The Morgan fingerprint density at radius 3 is 2.57 bits per heavy atom. The summed E-state index contributed by atoms with van der Waals surface area (Å²) >= 11 is 0. The monoisotopic (exact) mass is 318 g/mol. The standard InChI is InChI=1S/C18H22O5/c1-21-16-9-13(18(20)22-2)5-6-15(16)23-17(19)10-14-8-11-3-4-12(14)7-11/h5-6,9,11-12,14H,3-4,7-8,10H2,1-2H3. The van der Waals surface area contributed by atoms with Gasteiger partial charge in [0.1, 0.15) is 0 Å². The van der Waals surface area contributed by atoms with Gasteiger partial charge in [-0.25, -0.2) is 4.79 Å². The molecule has 5 nitrogen and oxygen atoms in total. The molecule has 2 aliphatic rings. The van der Waals surface area contributed by atoms with Crippen LogP contribution >= 0.6 is 0 Å². The van der Waals surface area contributed by atoms with E-state index in [-0.39, 0.29) is 5.97 Å². The van der Waals surface area contributed by atoms with E-state index >= 15 is 0 Å². The van der Waals surface area contributed by atoms with Crippen molar-refractivity contribution in [2.75, 3.05) is 14.2 Å². The van der Waals surface area contributed by atoms with Crippen LogP contribution < -0.4 is 9.47 Å². The molecule has 0 aliphatic heterocycles. The molecule has 0 N–H and O–H groups in total. The van der Waals surface area contributed by atoms with E-state index in [1.807, 2.05) is 0 Å². The van der Waals surface area contributed by atoms with Gasteiger partial charge in [-0.15, -0.1) is 0 Å². The molecule has 0 saturated heterocycles. The lowest BCUT2D eigenvalue weighted by Crippen LogP contribution is -2.19. The van der Waals surface area contributed by atoms with Gasteiger partial charge in [0.25, 0.3) is 0 Å². The van der Waals surface area contributed by atoms with Gasteiger partial charge in [-0.2, -0.15) is 0 Å². The number of esters is 2. The molecule has 0 aromatic heterocycles. The number of hydrogen-bond acceptors (Lipinski definition) is 5. The Kier molecular flexibility index (Phi) is 4.55. The molecule has 0 heterocycles. The first-order valence-corrected chi connectivity index (χ1v) is 8.07. The number of fused-ring (bicyclic) bond motifs is 2. The van der Waals surface area contributed by atoms with Crippen molar-refractivity contribution < 1.29 is 23.8 Å². The highest BCUT2D eigenvalue weighted by Gasteiger charge is 2.40. The van der Waals surface area contributed by atoms with Gasteiger partial charge in [0, 0.05) is 6.42 Å². The lowest BCUT2D eigenvalue weighted by atomic mass is 9.86. The van der Waals surface area contributed by atoms with E-state index in [4.69, 9.17) is 9.47 Å². The van der Waals surface area contributed by atoms with Crippen molar-refractivity contribution in [3.63, 3.8) is 0 Å². The van der Waals surface area contributed by atoms with Gasteiger partial charge in [0.05, 0.1) is 19.8 Å². The zero-order valence-electron chi connectivity index (χ0n) is 13.5. The summed E-state index contributed by atoms with van der Waals surface area (Å²) in [4.78, 5) is 23.8. The fourth-order valence-corrected chi connectivity index (χ4v) is 4.00. The third-order valence-corrected chi connectivity index (χ3v) is 5.12. The van der Waals surface area contributed by atoms with Crippen LogP contribution in [0.25, 0.3) is 0 Å². The largest absolute Gasteiger partial charge is 0.493 e. The molecule has 2 saturated carbocycles. The van der Waals surface area contributed by atoms with Crippen LogP contribution in [0, 0.1) is 17.8 Å². The number of ether oxygens (including phenoxy) is 3. The van der Waals surface area contributed by atoms with Gasteiger partial charge in [-0.3, -0.25) is 4.79 Å². The van der Waals surface area contributed by atoms with Crippen LogP contribution in [0.15, 0.2) is 18.2 Å². The summed E-state index contributed by atoms with van der Waals surface area (Å²) < 4.78 is 15.3. The van der Waals surface area contributed by atoms with Gasteiger partial charge >= 0.3 is 11.9 Å². The third kappa shape index (κ3) is 3.33. The molecule has 0 spiro atoms. The maximum Gasteiger partial charge on any atom is 0.337 e. The van der Waals surface area contributed by atoms with Gasteiger partial charge in [-0.1, -0.05) is 6.42 Å². The van der Waals surface area contributed by atoms with Crippen LogP contribution in [0.5, 0.6) is 11.5 Å². The van der Waals surface area contributed by atoms with Crippen LogP contribution in [0.3, 0.4) is 0 Å². The maximum atomic E-state index is 12.2. The normalized spacial score (nSPS) is 25.2. The quantitative estimate of drug-likeness (QED) is 0.616. The number of carbonyl (C=O) groups excluding carboxylic acids is 2. The van der Waals surface area contributed by atoms with Crippen molar-refractivity contribution in [3.05, 3.63) is 23.8 Å². The Balaban J connectivity index is 1.64. The van der Waals surface area contributed by atoms with Gasteiger partial charge < -0.3 is 14.2 Å². The Bertz CT molecular complexity index is 609. The van der Waals surface area contributed by atoms with E-state index in [9.17, 15) is 9.59 Å². The predicted molar refractivity (Wildman–Crippen MR) is 83.5 cm³/mol. The Morgan fingerprint density at radius 2 is 1.96 bits per heavy atom. The molecule has 1 aromatic rings. The van der Waals surface area contributed by atoms with E-state index in [1.165, 1.54) is 39.5 Å². The van der Waals surface area contributed by atoms with Crippen molar-refractivity contribution in [3.8, 4) is 11.5 Å². The van der Waals surface area contributed by atoms with E-state index in [1.54, 1.807) is 12.1 Å². The minimum Gasteiger partial charge on any atom is -0.493 e. The summed E-state index contributed by atoms with van der Waals surface area (Å²) in [5.74, 6) is 1.97. The summed E-state index contributed by atoms with van der Waals surface area (Å²) in [6, 6.07) is 4.66. The summed E-state index contributed by atoms with van der Waals surface area (Å²) in [7, 11) is 2.79. The molecule has 2 fully saturated rings. The van der Waals surface area contributed by atoms with Crippen LogP contribution in [0.4, 0.5) is 0 Å². The number of hydrogen-bond donors (Lipinski definition) is 0. The van der Waals surface area contributed by atoms with Crippen molar-refractivity contribution >= 4 is 11.9 Å². The molecule has 0 amide bonds. The first-order chi connectivity index (χ1) is 11.1. The Hall–Kier alpha value is -2.04. The number of rotatable bonds is 5. The molecular formula is C18H22O5. The number of carbonyl (C=O) groups is 2. The fourth-order valence-electron chi connectivity index (χ4n) is 4.00. The van der Waals surface area contributed by atoms with Crippen molar-refractivity contribution in [1.29, 1.82) is 0 Å². The Morgan fingerprint density at radius 1 is 1.13 bits per heavy atom. The summed E-state index contributed by atoms with van der Waals surface area (Å²) in [5, 5.41) is 0. The molecule has 3 rings (SSSR count). The van der Waals surface area contributed by atoms with Crippen molar-refractivity contribution in [2.24, 2.45) is 17.8 Å². The minimum absolute atomic E-state index is 0.230. The smallest absolute Gasteiger partial charge is 0.337 e. The van der Waals surface area contributed by atoms with Crippen molar-refractivity contribution in [1.82, 2.24) is 0 Å². The number of methoxy groups -OCH3 is 2.